The van der Waals surface area contributed by atoms with E-state index < -0.39 is 11.7 Å². The van der Waals surface area contributed by atoms with Gasteiger partial charge in [-0.3, -0.25) is 0 Å². The molecule has 406 valence electrons. The number of aromatic nitrogens is 14. The van der Waals surface area contributed by atoms with Crippen LogP contribution in [0.2, 0.25) is 0 Å². The fraction of sp³-hybridized carbons (Fsp3) is 0.138. The Balaban J connectivity index is 1.14. The summed E-state index contributed by atoms with van der Waals surface area (Å²) in [4.78, 5) is 55.4. The molecule has 0 N–H and O–H groups in total. The predicted octanol–water partition coefficient (Wildman–Crippen LogP) is 13.9. The first-order chi connectivity index (χ1) is 40.4. The van der Waals surface area contributed by atoms with Crippen molar-refractivity contribution in [3.05, 3.63) is 191 Å². The minimum atomic E-state index is -4.83. The molecule has 13 rings (SSSR count). The van der Waals surface area contributed by atoms with Gasteiger partial charge in [-0.05, 0) is 182 Å². The highest BCUT2D eigenvalue weighted by Gasteiger charge is 2.35. The van der Waals surface area contributed by atoms with Gasteiger partial charge in [-0.25, -0.2) is 59.8 Å². The van der Waals surface area contributed by atoms with Crippen molar-refractivity contribution in [3.8, 4) is 91.3 Å². The van der Waals surface area contributed by atoms with E-state index in [1.807, 2.05) is 146 Å². The standard InChI is InChI=1S/C65H45F3N16/c1-32-71-33(2)76-61(75-32)43-12-19-57-50(26-43)51-27-44(62-77-34(3)72-35(4)78-62)13-20-58(51)83(57)55-17-10-40(30-69)23-48(55)49-25-42(47-16-9-41(31-70)24-54(47)65(66,67)68)11-18-56(49)84-59-21-14-45(63-79-36(5)73-37(6)80-63)28-52(59)53-29-46(15-22-60(53)84)64-81-38(7)74-39(8)82-64/h9-29H,1-8H3. The Morgan fingerprint density at radius 2 is 0.619 bits per heavy atom. The molecule has 0 unspecified atom stereocenters. The van der Waals surface area contributed by atoms with Gasteiger partial charge in [-0.15, -0.1) is 0 Å². The molecule has 0 aliphatic heterocycles. The highest BCUT2D eigenvalue weighted by atomic mass is 19.4. The second kappa shape index (κ2) is 19.9. The summed E-state index contributed by atoms with van der Waals surface area (Å²) in [5.74, 6) is 6.45. The summed E-state index contributed by atoms with van der Waals surface area (Å²) in [6, 6.07) is 42.2. The SMILES string of the molecule is Cc1nc(C)nc(-c2ccc3c(c2)c2cc(-c4nc(C)nc(C)n4)ccc2n3-c2ccc(C#N)cc2-c2cc(-c3ccc(C#N)cc3C(F)(F)F)ccc2-n2c3ccc(-c4nc(C)nc(C)n4)cc3c3cc(-c4nc(C)nc(C)n4)ccc32)n1. The average molecular weight is 1110 g/mol. The van der Waals surface area contributed by atoms with Gasteiger partial charge >= 0.3 is 6.18 Å². The van der Waals surface area contributed by atoms with E-state index in [2.05, 4.69) is 35.1 Å². The van der Waals surface area contributed by atoms with Crippen molar-refractivity contribution in [1.29, 1.82) is 10.5 Å². The third-order valence-electron chi connectivity index (χ3n) is 14.7. The zero-order valence-corrected chi connectivity index (χ0v) is 46.4. The first kappa shape index (κ1) is 52.3. The third kappa shape index (κ3) is 9.23. The second-order valence-electron chi connectivity index (χ2n) is 20.6. The van der Waals surface area contributed by atoms with E-state index in [0.29, 0.717) is 98.0 Å². The number of hydrogen-bond donors (Lipinski definition) is 0. The maximum Gasteiger partial charge on any atom is 0.417 e. The fourth-order valence-electron chi connectivity index (χ4n) is 11.3. The van der Waals surface area contributed by atoms with Crippen LogP contribution in [0.4, 0.5) is 13.2 Å². The summed E-state index contributed by atoms with van der Waals surface area (Å²) in [7, 11) is 0. The molecule has 13 aromatic rings. The summed E-state index contributed by atoms with van der Waals surface area (Å²) in [6.45, 7) is 14.5. The lowest BCUT2D eigenvalue weighted by Gasteiger charge is -2.21. The number of nitrogens with zero attached hydrogens (tertiary/aromatic N) is 16. The predicted molar refractivity (Wildman–Crippen MR) is 314 cm³/mol. The summed E-state index contributed by atoms with van der Waals surface area (Å²) in [5.41, 5.74) is 7.37. The van der Waals surface area contributed by atoms with E-state index in [9.17, 15) is 10.5 Å². The van der Waals surface area contributed by atoms with Crippen LogP contribution in [0.15, 0.2) is 127 Å². The molecule has 0 bridgehead atoms. The van der Waals surface area contributed by atoms with Crippen LogP contribution in [0.25, 0.3) is 123 Å². The number of alkyl halides is 3. The largest absolute Gasteiger partial charge is 0.417 e. The molecule has 0 fully saturated rings. The molecule has 0 saturated carbocycles. The van der Waals surface area contributed by atoms with Crippen LogP contribution in [-0.2, 0) is 6.18 Å². The molecule has 0 radical (unpaired) electrons. The maximum atomic E-state index is 15.3. The molecular weight excluding hydrogens is 1060 g/mol. The number of rotatable bonds is 8. The topological polar surface area (TPSA) is 212 Å². The Labute approximate surface area is 477 Å². The molecule has 0 atom stereocenters. The third-order valence-corrected chi connectivity index (χ3v) is 14.7. The van der Waals surface area contributed by atoms with Crippen molar-refractivity contribution >= 4 is 43.6 Å². The Morgan fingerprint density at radius 1 is 0.321 bits per heavy atom. The Bertz CT molecular complexity index is 4750. The normalized spacial score (nSPS) is 11.7. The van der Waals surface area contributed by atoms with Crippen LogP contribution < -0.4 is 0 Å². The molecule has 0 spiro atoms. The van der Waals surface area contributed by atoms with Gasteiger partial charge in [0.05, 0.1) is 62.3 Å². The molecule has 0 aliphatic rings. The quantitative estimate of drug-likeness (QED) is 0.138. The smallest absolute Gasteiger partial charge is 0.309 e. The second-order valence-corrected chi connectivity index (χ2v) is 20.6. The lowest BCUT2D eigenvalue weighted by Crippen LogP contribution is -2.08. The zero-order valence-electron chi connectivity index (χ0n) is 46.4. The van der Waals surface area contributed by atoms with Crippen molar-refractivity contribution in [1.82, 2.24) is 68.9 Å². The fourth-order valence-corrected chi connectivity index (χ4v) is 11.3. The highest BCUT2D eigenvalue weighted by molar-refractivity contribution is 6.14. The molecule has 0 amide bonds. The van der Waals surface area contributed by atoms with Gasteiger partial charge in [-0.1, -0.05) is 12.1 Å². The van der Waals surface area contributed by atoms with E-state index in [1.54, 1.807) is 24.3 Å². The number of nitriles is 2. The molecule has 0 saturated heterocycles. The molecule has 6 aromatic heterocycles. The molecule has 6 heterocycles. The molecule has 16 nitrogen and oxygen atoms in total. The monoisotopic (exact) mass is 1110 g/mol. The minimum Gasteiger partial charge on any atom is -0.309 e. The number of hydrogen-bond acceptors (Lipinski definition) is 14. The zero-order chi connectivity index (χ0) is 58.5. The van der Waals surface area contributed by atoms with E-state index in [0.717, 1.165) is 71.9 Å². The maximum absolute atomic E-state index is 15.3. The van der Waals surface area contributed by atoms with Crippen LogP contribution in [0.1, 0.15) is 63.3 Å². The van der Waals surface area contributed by atoms with Crippen molar-refractivity contribution in [3.63, 3.8) is 0 Å². The highest BCUT2D eigenvalue weighted by Crippen LogP contribution is 2.46. The van der Waals surface area contributed by atoms with Crippen LogP contribution in [0, 0.1) is 78.1 Å². The van der Waals surface area contributed by atoms with Gasteiger partial charge in [0.2, 0.25) is 0 Å². The lowest BCUT2D eigenvalue weighted by molar-refractivity contribution is -0.137. The van der Waals surface area contributed by atoms with E-state index >= 15 is 13.2 Å². The Kier molecular flexibility index (Phi) is 12.4. The number of benzene rings is 7. The summed E-state index contributed by atoms with van der Waals surface area (Å²) >= 11 is 0. The van der Waals surface area contributed by atoms with Crippen molar-refractivity contribution in [2.24, 2.45) is 0 Å². The van der Waals surface area contributed by atoms with E-state index in [1.165, 1.54) is 12.1 Å². The Hall–Kier alpha value is -11.1. The summed E-state index contributed by atoms with van der Waals surface area (Å²) in [5, 5.41) is 23.9. The number of aryl methyl sites for hydroxylation is 8. The van der Waals surface area contributed by atoms with Gasteiger partial charge < -0.3 is 9.13 Å². The van der Waals surface area contributed by atoms with Crippen LogP contribution in [0.3, 0.4) is 0 Å². The van der Waals surface area contributed by atoms with E-state index in [4.69, 9.17) is 39.9 Å². The van der Waals surface area contributed by atoms with Crippen LogP contribution in [-0.4, -0.2) is 68.9 Å². The van der Waals surface area contributed by atoms with Gasteiger partial charge in [0, 0.05) is 54.9 Å². The summed E-state index contributed by atoms with van der Waals surface area (Å²) < 4.78 is 50.2. The molecular formula is C65H45F3N16. The number of halogens is 3. The molecule has 84 heavy (non-hydrogen) atoms. The van der Waals surface area contributed by atoms with E-state index in [-0.39, 0.29) is 16.7 Å². The average Bonchev–Trinajstić information content (AvgIpc) is 4.22. The molecule has 19 heteroatoms. The van der Waals surface area contributed by atoms with Gasteiger partial charge in [0.15, 0.2) is 23.3 Å². The Morgan fingerprint density at radius 3 is 0.952 bits per heavy atom. The van der Waals surface area contributed by atoms with Gasteiger partial charge in [-0.2, -0.15) is 23.7 Å². The van der Waals surface area contributed by atoms with Crippen molar-refractivity contribution < 1.29 is 13.2 Å². The molecule has 0 aliphatic carbocycles. The van der Waals surface area contributed by atoms with Crippen LogP contribution in [0.5, 0.6) is 0 Å². The number of fused-ring (bicyclic) bond motifs is 6. The van der Waals surface area contributed by atoms with Crippen molar-refractivity contribution in [2.75, 3.05) is 0 Å². The lowest BCUT2D eigenvalue weighted by atomic mass is 9.92. The van der Waals surface area contributed by atoms with Crippen LogP contribution >= 0.6 is 0 Å². The minimum absolute atomic E-state index is 0.139. The first-order valence-corrected chi connectivity index (χ1v) is 26.6. The van der Waals surface area contributed by atoms with Crippen molar-refractivity contribution in [2.45, 2.75) is 61.6 Å². The molecule has 7 aromatic carbocycles. The van der Waals surface area contributed by atoms with Gasteiger partial charge in [0.25, 0.3) is 0 Å². The summed E-state index contributed by atoms with van der Waals surface area (Å²) in [6.07, 6.45) is -4.83. The van der Waals surface area contributed by atoms with Gasteiger partial charge in [0.1, 0.15) is 46.6 Å². The first-order valence-electron chi connectivity index (χ1n) is 26.6.